The Kier molecular flexibility index (Phi) is 5.08. The van der Waals surface area contributed by atoms with Gasteiger partial charge in [0.25, 0.3) is 0 Å². The van der Waals surface area contributed by atoms with Crippen molar-refractivity contribution in [2.45, 2.75) is 33.6 Å². The van der Waals surface area contributed by atoms with Crippen molar-refractivity contribution in [2.75, 3.05) is 5.32 Å². The zero-order chi connectivity index (χ0) is 16.3. The fourth-order valence-electron chi connectivity index (χ4n) is 2.16. The van der Waals surface area contributed by atoms with Crippen LogP contribution in [0.2, 0.25) is 0 Å². The Bertz CT molecular complexity index is 721. The average Bonchev–Trinajstić information content (AvgIpc) is 2.79. The van der Waals surface area contributed by atoms with Gasteiger partial charge in [-0.1, -0.05) is 6.07 Å². The van der Waals surface area contributed by atoms with E-state index in [9.17, 15) is 14.0 Å². The second-order valence-corrected chi connectivity index (χ2v) is 6.72. The molecule has 1 amide bonds. The minimum absolute atomic E-state index is 0.0351. The molecule has 0 fully saturated rings. The average molecular weight is 319 g/mol. The number of hydrogen-bond acceptors (Lipinski definition) is 3. The molecule has 2 aromatic rings. The van der Waals surface area contributed by atoms with Gasteiger partial charge in [0, 0.05) is 33.8 Å². The summed E-state index contributed by atoms with van der Waals surface area (Å²) in [6.45, 7) is 5.51. The van der Waals surface area contributed by atoms with Crippen molar-refractivity contribution in [2.24, 2.45) is 0 Å². The van der Waals surface area contributed by atoms with E-state index in [4.69, 9.17) is 0 Å². The van der Waals surface area contributed by atoms with E-state index in [1.165, 1.54) is 6.07 Å². The van der Waals surface area contributed by atoms with E-state index in [1.54, 1.807) is 30.4 Å². The van der Waals surface area contributed by atoms with Crippen LogP contribution in [-0.4, -0.2) is 11.7 Å². The summed E-state index contributed by atoms with van der Waals surface area (Å²) < 4.78 is 13.4. The molecule has 1 heterocycles. The molecule has 1 aromatic heterocycles. The van der Waals surface area contributed by atoms with Gasteiger partial charge in [0.05, 0.1) is 0 Å². The zero-order valence-corrected chi connectivity index (χ0v) is 13.6. The molecular formula is C17H18FNO2S. The first-order valence-electron chi connectivity index (χ1n) is 7.03. The number of Topliss-reactive ketones (excluding diaryl/α,β-unsaturated/α-hetero) is 1. The van der Waals surface area contributed by atoms with Crippen LogP contribution in [0.3, 0.4) is 0 Å². The summed E-state index contributed by atoms with van der Waals surface area (Å²) >= 11 is 1.57. The number of nitrogens with one attached hydrogen (secondary N) is 1. The van der Waals surface area contributed by atoms with Gasteiger partial charge in [0.2, 0.25) is 5.91 Å². The Balaban J connectivity index is 1.91. The van der Waals surface area contributed by atoms with Gasteiger partial charge in [-0.25, -0.2) is 4.39 Å². The molecule has 0 aliphatic heterocycles. The molecule has 0 aliphatic rings. The minimum Gasteiger partial charge on any atom is -0.326 e. The number of anilines is 1. The Morgan fingerprint density at radius 1 is 1.14 bits per heavy atom. The third-order valence-electron chi connectivity index (χ3n) is 3.38. The van der Waals surface area contributed by atoms with Gasteiger partial charge in [-0.2, -0.15) is 0 Å². The molecule has 2 rings (SSSR count). The number of rotatable bonds is 5. The number of thiophene rings is 1. The van der Waals surface area contributed by atoms with E-state index in [-0.39, 0.29) is 30.3 Å². The van der Waals surface area contributed by atoms with Crippen LogP contribution in [0.15, 0.2) is 24.3 Å². The topological polar surface area (TPSA) is 46.2 Å². The van der Waals surface area contributed by atoms with Crippen molar-refractivity contribution in [3.63, 3.8) is 0 Å². The second kappa shape index (κ2) is 6.83. The molecule has 22 heavy (non-hydrogen) atoms. The summed E-state index contributed by atoms with van der Waals surface area (Å²) in [7, 11) is 0. The number of ketones is 1. The second-order valence-electron chi connectivity index (χ2n) is 5.26. The maximum absolute atomic E-state index is 13.4. The van der Waals surface area contributed by atoms with Gasteiger partial charge >= 0.3 is 0 Å². The molecule has 5 heteroatoms. The van der Waals surface area contributed by atoms with Crippen LogP contribution in [0.1, 0.15) is 38.5 Å². The number of amides is 1. The third kappa shape index (κ3) is 4.01. The Morgan fingerprint density at radius 3 is 2.45 bits per heavy atom. The van der Waals surface area contributed by atoms with E-state index in [2.05, 4.69) is 5.32 Å². The van der Waals surface area contributed by atoms with Gasteiger partial charge in [0.1, 0.15) is 5.82 Å². The lowest BCUT2D eigenvalue weighted by Gasteiger charge is -2.06. The minimum atomic E-state index is -0.363. The van der Waals surface area contributed by atoms with Crippen molar-refractivity contribution >= 4 is 28.7 Å². The number of aryl methyl sites for hydroxylation is 3. The number of halogens is 1. The van der Waals surface area contributed by atoms with E-state index in [0.29, 0.717) is 16.8 Å². The Labute approximate surface area is 133 Å². The standard InChI is InChI=1S/C17H18FNO2S/c1-10-4-5-13(9-15(10)18)19-17(21)7-6-16(20)14-8-11(2)22-12(14)3/h4-5,8-9H,6-7H2,1-3H3,(H,19,21). The largest absolute Gasteiger partial charge is 0.326 e. The molecule has 0 bridgehead atoms. The van der Waals surface area contributed by atoms with Crippen molar-refractivity contribution in [1.82, 2.24) is 0 Å². The molecule has 0 saturated heterocycles. The van der Waals surface area contributed by atoms with Gasteiger partial charge in [-0.15, -0.1) is 11.3 Å². The van der Waals surface area contributed by atoms with E-state index in [0.717, 1.165) is 9.75 Å². The highest BCUT2D eigenvalue weighted by Crippen LogP contribution is 2.22. The normalized spacial score (nSPS) is 10.5. The van der Waals surface area contributed by atoms with Crippen molar-refractivity contribution in [3.05, 3.63) is 51.0 Å². The summed E-state index contributed by atoms with van der Waals surface area (Å²) in [4.78, 5) is 26.0. The smallest absolute Gasteiger partial charge is 0.224 e. The van der Waals surface area contributed by atoms with Crippen LogP contribution < -0.4 is 5.32 Å². The van der Waals surface area contributed by atoms with Crippen LogP contribution in [0.25, 0.3) is 0 Å². The van der Waals surface area contributed by atoms with E-state index >= 15 is 0 Å². The zero-order valence-electron chi connectivity index (χ0n) is 12.8. The van der Waals surface area contributed by atoms with Crippen molar-refractivity contribution < 1.29 is 14.0 Å². The fourth-order valence-corrected chi connectivity index (χ4v) is 3.11. The summed E-state index contributed by atoms with van der Waals surface area (Å²) in [5.74, 6) is -0.688. The molecule has 0 unspecified atom stereocenters. The molecule has 0 aliphatic carbocycles. The monoisotopic (exact) mass is 319 g/mol. The molecule has 0 spiro atoms. The van der Waals surface area contributed by atoms with Gasteiger partial charge in [-0.3, -0.25) is 9.59 Å². The quantitative estimate of drug-likeness (QED) is 0.830. The highest BCUT2D eigenvalue weighted by Gasteiger charge is 2.14. The first-order valence-corrected chi connectivity index (χ1v) is 7.84. The van der Waals surface area contributed by atoms with Gasteiger partial charge in [-0.05, 0) is 44.5 Å². The number of carbonyl (C=O) groups excluding carboxylic acids is 2. The number of carbonyl (C=O) groups is 2. The molecule has 3 nitrogen and oxygen atoms in total. The lowest BCUT2D eigenvalue weighted by molar-refractivity contribution is -0.116. The van der Waals surface area contributed by atoms with Gasteiger partial charge < -0.3 is 5.32 Å². The maximum atomic E-state index is 13.4. The van der Waals surface area contributed by atoms with Crippen LogP contribution in [-0.2, 0) is 4.79 Å². The molecule has 0 atom stereocenters. The maximum Gasteiger partial charge on any atom is 0.224 e. The van der Waals surface area contributed by atoms with Crippen LogP contribution in [0, 0.1) is 26.6 Å². The lowest BCUT2D eigenvalue weighted by atomic mass is 10.1. The Hall–Kier alpha value is -2.01. The van der Waals surface area contributed by atoms with Crippen LogP contribution in [0.4, 0.5) is 10.1 Å². The number of benzene rings is 1. The van der Waals surface area contributed by atoms with Crippen LogP contribution >= 0.6 is 11.3 Å². The Morgan fingerprint density at radius 2 is 1.86 bits per heavy atom. The van der Waals surface area contributed by atoms with Crippen LogP contribution in [0.5, 0.6) is 0 Å². The molecule has 1 aromatic carbocycles. The summed E-state index contributed by atoms with van der Waals surface area (Å²) in [5.41, 5.74) is 1.62. The first-order chi connectivity index (χ1) is 10.4. The molecule has 0 saturated carbocycles. The molecular weight excluding hydrogens is 301 g/mol. The summed E-state index contributed by atoms with van der Waals surface area (Å²) in [6, 6.07) is 6.38. The third-order valence-corrected chi connectivity index (χ3v) is 4.34. The summed E-state index contributed by atoms with van der Waals surface area (Å²) in [6.07, 6.45) is 0.236. The highest BCUT2D eigenvalue weighted by atomic mass is 32.1. The predicted molar refractivity (Wildman–Crippen MR) is 87.1 cm³/mol. The molecule has 1 N–H and O–H groups in total. The summed E-state index contributed by atoms with van der Waals surface area (Å²) in [5, 5.41) is 2.61. The fraction of sp³-hybridized carbons (Fsp3) is 0.294. The number of hydrogen-bond donors (Lipinski definition) is 1. The van der Waals surface area contributed by atoms with E-state index < -0.39 is 0 Å². The molecule has 116 valence electrons. The lowest BCUT2D eigenvalue weighted by Crippen LogP contribution is -2.13. The first kappa shape index (κ1) is 16.4. The van der Waals surface area contributed by atoms with Crippen molar-refractivity contribution in [1.29, 1.82) is 0 Å². The predicted octanol–water partition coefficient (Wildman–Crippen LogP) is 4.41. The molecule has 0 radical (unpaired) electrons. The van der Waals surface area contributed by atoms with E-state index in [1.807, 2.05) is 19.9 Å². The highest BCUT2D eigenvalue weighted by molar-refractivity contribution is 7.12. The van der Waals surface area contributed by atoms with Gasteiger partial charge in [0.15, 0.2) is 5.78 Å². The van der Waals surface area contributed by atoms with Crippen molar-refractivity contribution in [3.8, 4) is 0 Å². The SMILES string of the molecule is Cc1cc(C(=O)CCC(=O)Nc2ccc(C)c(F)c2)c(C)s1.